The summed E-state index contributed by atoms with van der Waals surface area (Å²) in [5.74, 6) is 0.862. The summed E-state index contributed by atoms with van der Waals surface area (Å²) < 4.78 is 5.65. The van der Waals surface area contributed by atoms with Crippen molar-refractivity contribution in [2.24, 2.45) is 0 Å². The van der Waals surface area contributed by atoms with E-state index >= 15 is 0 Å². The van der Waals surface area contributed by atoms with E-state index in [4.69, 9.17) is 16.3 Å². The molecule has 0 amide bonds. The molecular formula is C17H20ClNO. The van der Waals surface area contributed by atoms with E-state index in [0.717, 1.165) is 23.7 Å². The van der Waals surface area contributed by atoms with Gasteiger partial charge in [-0.1, -0.05) is 23.7 Å². The zero-order valence-corrected chi connectivity index (χ0v) is 12.7. The highest BCUT2D eigenvalue weighted by atomic mass is 35.5. The highest BCUT2D eigenvalue weighted by Gasteiger charge is 1.98. The van der Waals surface area contributed by atoms with E-state index < -0.39 is 0 Å². The van der Waals surface area contributed by atoms with Crippen molar-refractivity contribution in [2.75, 3.05) is 18.5 Å². The van der Waals surface area contributed by atoms with Gasteiger partial charge in [-0.15, -0.1) is 0 Å². The van der Waals surface area contributed by atoms with Gasteiger partial charge >= 0.3 is 0 Å². The minimum atomic E-state index is 0.694. The molecule has 0 saturated carbocycles. The molecule has 0 fully saturated rings. The summed E-state index contributed by atoms with van der Waals surface area (Å²) in [4.78, 5) is 0. The first kappa shape index (κ1) is 14.7. The maximum Gasteiger partial charge on any atom is 0.119 e. The van der Waals surface area contributed by atoms with Crippen molar-refractivity contribution in [3.8, 4) is 5.75 Å². The molecule has 0 atom stereocenters. The van der Waals surface area contributed by atoms with Gasteiger partial charge in [0.15, 0.2) is 0 Å². The molecule has 0 aliphatic carbocycles. The van der Waals surface area contributed by atoms with Crippen LogP contribution in [0.15, 0.2) is 42.5 Å². The Kier molecular flexibility index (Phi) is 5.31. The van der Waals surface area contributed by atoms with Gasteiger partial charge in [-0.3, -0.25) is 0 Å². The van der Waals surface area contributed by atoms with Gasteiger partial charge < -0.3 is 10.1 Å². The molecule has 0 radical (unpaired) electrons. The molecule has 0 unspecified atom stereocenters. The first-order chi connectivity index (χ1) is 9.65. The maximum atomic E-state index is 5.83. The molecule has 2 nitrogen and oxygen atoms in total. The molecule has 0 saturated heterocycles. The van der Waals surface area contributed by atoms with Gasteiger partial charge in [0, 0.05) is 17.3 Å². The number of anilines is 1. The third-order valence-corrected chi connectivity index (χ3v) is 3.36. The van der Waals surface area contributed by atoms with Crippen LogP contribution in [0.1, 0.15) is 17.5 Å². The normalized spacial score (nSPS) is 10.3. The van der Waals surface area contributed by atoms with Crippen molar-refractivity contribution >= 4 is 17.3 Å². The second-order valence-electron chi connectivity index (χ2n) is 4.90. The van der Waals surface area contributed by atoms with Gasteiger partial charge in [0.25, 0.3) is 0 Å². The topological polar surface area (TPSA) is 21.3 Å². The van der Waals surface area contributed by atoms with E-state index in [0.29, 0.717) is 6.61 Å². The Hall–Kier alpha value is -1.67. The molecule has 1 N–H and O–H groups in total. The quantitative estimate of drug-likeness (QED) is 0.769. The van der Waals surface area contributed by atoms with Gasteiger partial charge in [-0.25, -0.2) is 0 Å². The largest absolute Gasteiger partial charge is 0.494 e. The zero-order chi connectivity index (χ0) is 14.4. The average molecular weight is 290 g/mol. The number of aryl methyl sites for hydroxylation is 2. The van der Waals surface area contributed by atoms with E-state index in [9.17, 15) is 0 Å². The fourth-order valence-corrected chi connectivity index (χ4v) is 2.07. The first-order valence-corrected chi connectivity index (χ1v) is 7.22. The van der Waals surface area contributed by atoms with Crippen molar-refractivity contribution < 1.29 is 4.74 Å². The van der Waals surface area contributed by atoms with Gasteiger partial charge in [-0.05, 0) is 61.7 Å². The molecule has 106 valence electrons. The Morgan fingerprint density at radius 2 is 1.80 bits per heavy atom. The van der Waals surface area contributed by atoms with Crippen LogP contribution in [-0.2, 0) is 0 Å². The van der Waals surface area contributed by atoms with E-state index in [2.05, 4.69) is 37.4 Å². The number of hydrogen-bond acceptors (Lipinski definition) is 2. The third kappa shape index (κ3) is 4.46. The van der Waals surface area contributed by atoms with Crippen molar-refractivity contribution in [3.63, 3.8) is 0 Å². The van der Waals surface area contributed by atoms with E-state index in [1.807, 2.05) is 24.3 Å². The molecule has 0 aromatic heterocycles. The van der Waals surface area contributed by atoms with Crippen LogP contribution in [0.5, 0.6) is 5.75 Å². The number of ether oxygens (including phenoxy) is 1. The van der Waals surface area contributed by atoms with Gasteiger partial charge in [0.2, 0.25) is 0 Å². The number of rotatable bonds is 6. The molecule has 0 aliphatic heterocycles. The number of benzene rings is 2. The molecule has 20 heavy (non-hydrogen) atoms. The van der Waals surface area contributed by atoms with Gasteiger partial charge in [0.05, 0.1) is 6.61 Å². The molecule has 0 aliphatic rings. The minimum Gasteiger partial charge on any atom is -0.494 e. The van der Waals surface area contributed by atoms with Crippen molar-refractivity contribution in [1.29, 1.82) is 0 Å². The Morgan fingerprint density at radius 1 is 1.05 bits per heavy atom. The molecule has 0 heterocycles. The Balaban J connectivity index is 1.71. The van der Waals surface area contributed by atoms with Crippen LogP contribution < -0.4 is 10.1 Å². The summed E-state index contributed by atoms with van der Waals surface area (Å²) in [5, 5.41) is 4.18. The van der Waals surface area contributed by atoms with E-state index in [-0.39, 0.29) is 0 Å². The second-order valence-corrected chi connectivity index (χ2v) is 5.34. The maximum absolute atomic E-state index is 5.83. The number of hydrogen-bond donors (Lipinski definition) is 1. The van der Waals surface area contributed by atoms with Crippen LogP contribution in [0.2, 0.25) is 5.02 Å². The predicted molar refractivity (Wildman–Crippen MR) is 86.0 cm³/mol. The minimum absolute atomic E-state index is 0.694. The van der Waals surface area contributed by atoms with Gasteiger partial charge in [0.1, 0.15) is 5.75 Å². The molecule has 0 bridgehead atoms. The van der Waals surface area contributed by atoms with Crippen LogP contribution in [0.4, 0.5) is 5.69 Å². The Bertz CT molecular complexity index is 551. The third-order valence-electron chi connectivity index (χ3n) is 3.11. The fourth-order valence-electron chi connectivity index (χ4n) is 1.94. The molecule has 0 spiro atoms. The molecular weight excluding hydrogens is 270 g/mol. The standard InChI is InChI=1S/C17H20ClNO/c1-13-4-5-14(2)17(12-13)19-10-3-11-20-16-8-6-15(18)7-9-16/h4-9,12,19H,3,10-11H2,1-2H3. The summed E-state index contributed by atoms with van der Waals surface area (Å²) in [6.45, 7) is 5.82. The van der Waals surface area contributed by atoms with Crippen LogP contribution in [0.3, 0.4) is 0 Å². The summed E-state index contributed by atoms with van der Waals surface area (Å²) >= 11 is 5.83. The fraction of sp³-hybridized carbons (Fsp3) is 0.294. The highest BCUT2D eigenvalue weighted by molar-refractivity contribution is 6.30. The van der Waals surface area contributed by atoms with E-state index in [1.165, 1.54) is 16.8 Å². The Labute approximate surface area is 125 Å². The van der Waals surface area contributed by atoms with Crippen molar-refractivity contribution in [1.82, 2.24) is 0 Å². The molecule has 2 aromatic carbocycles. The average Bonchev–Trinajstić information content (AvgIpc) is 2.44. The van der Waals surface area contributed by atoms with E-state index in [1.54, 1.807) is 0 Å². The number of halogens is 1. The molecule has 3 heteroatoms. The summed E-state index contributed by atoms with van der Waals surface area (Å²) in [7, 11) is 0. The Morgan fingerprint density at radius 3 is 2.55 bits per heavy atom. The lowest BCUT2D eigenvalue weighted by molar-refractivity contribution is 0.315. The van der Waals surface area contributed by atoms with Crippen LogP contribution >= 0.6 is 11.6 Å². The monoisotopic (exact) mass is 289 g/mol. The second kappa shape index (κ2) is 7.20. The highest BCUT2D eigenvalue weighted by Crippen LogP contribution is 2.17. The summed E-state index contributed by atoms with van der Waals surface area (Å²) in [6, 6.07) is 13.9. The van der Waals surface area contributed by atoms with Crippen LogP contribution in [0.25, 0.3) is 0 Å². The smallest absolute Gasteiger partial charge is 0.119 e. The van der Waals surface area contributed by atoms with Crippen LogP contribution in [-0.4, -0.2) is 13.2 Å². The lowest BCUT2D eigenvalue weighted by Gasteiger charge is -2.11. The summed E-state index contributed by atoms with van der Waals surface area (Å²) in [6.07, 6.45) is 0.954. The SMILES string of the molecule is Cc1ccc(C)c(NCCCOc2ccc(Cl)cc2)c1. The molecule has 2 aromatic rings. The van der Waals surface area contributed by atoms with Crippen molar-refractivity contribution in [3.05, 3.63) is 58.6 Å². The molecule has 2 rings (SSSR count). The summed E-state index contributed by atoms with van der Waals surface area (Å²) in [5.41, 5.74) is 3.75. The van der Waals surface area contributed by atoms with Crippen LogP contribution in [0, 0.1) is 13.8 Å². The lowest BCUT2D eigenvalue weighted by atomic mass is 10.1. The number of nitrogens with one attached hydrogen (secondary N) is 1. The first-order valence-electron chi connectivity index (χ1n) is 6.84. The lowest BCUT2D eigenvalue weighted by Crippen LogP contribution is -2.08. The van der Waals surface area contributed by atoms with Crippen molar-refractivity contribution in [2.45, 2.75) is 20.3 Å². The zero-order valence-electron chi connectivity index (χ0n) is 11.9. The van der Waals surface area contributed by atoms with Gasteiger partial charge in [-0.2, -0.15) is 0 Å². The predicted octanol–water partition coefficient (Wildman–Crippen LogP) is 4.84.